The van der Waals surface area contributed by atoms with E-state index in [-0.39, 0.29) is 0 Å². The summed E-state index contributed by atoms with van der Waals surface area (Å²) in [7, 11) is 0. The minimum atomic E-state index is 0.439. The Morgan fingerprint density at radius 2 is 2.06 bits per heavy atom. The second-order valence-electron chi connectivity index (χ2n) is 4.83. The maximum absolute atomic E-state index is 3.64. The molecule has 17 heavy (non-hydrogen) atoms. The summed E-state index contributed by atoms with van der Waals surface area (Å²) >= 11 is 3.47. The zero-order valence-electron chi connectivity index (χ0n) is 10.3. The van der Waals surface area contributed by atoms with Crippen LogP contribution in [0.1, 0.15) is 37.8 Å². The van der Waals surface area contributed by atoms with Crippen molar-refractivity contribution in [3.8, 4) is 0 Å². The van der Waals surface area contributed by atoms with Gasteiger partial charge in [0.05, 0.1) is 0 Å². The minimum absolute atomic E-state index is 0.439. The molecule has 92 valence electrons. The monoisotopic (exact) mass is 293 g/mol. The second kappa shape index (κ2) is 6.36. The highest BCUT2D eigenvalue weighted by Gasteiger charge is 2.11. The molecule has 1 aromatic rings. The van der Waals surface area contributed by atoms with Crippen molar-refractivity contribution in [1.82, 2.24) is 5.32 Å². The Morgan fingerprint density at radius 3 is 2.71 bits per heavy atom. The van der Waals surface area contributed by atoms with Crippen LogP contribution in [0.15, 0.2) is 40.9 Å². The van der Waals surface area contributed by atoms with Gasteiger partial charge < -0.3 is 5.32 Å². The fraction of sp³-hybridized carbons (Fsp3) is 0.467. The number of allylic oxidation sites excluding steroid dienone is 2. The van der Waals surface area contributed by atoms with E-state index in [1.807, 2.05) is 0 Å². The van der Waals surface area contributed by atoms with Gasteiger partial charge in [-0.15, -0.1) is 0 Å². The van der Waals surface area contributed by atoms with Crippen molar-refractivity contribution in [1.29, 1.82) is 0 Å². The van der Waals surface area contributed by atoms with Gasteiger partial charge in [0.2, 0.25) is 0 Å². The average Bonchev–Trinajstić information content (AvgIpc) is 2.38. The first-order valence-corrected chi connectivity index (χ1v) is 7.19. The molecule has 0 heterocycles. The largest absolute Gasteiger partial charge is 0.310 e. The zero-order valence-corrected chi connectivity index (χ0v) is 11.9. The molecule has 0 aromatic heterocycles. The van der Waals surface area contributed by atoms with Crippen LogP contribution < -0.4 is 5.32 Å². The lowest BCUT2D eigenvalue weighted by Gasteiger charge is -2.21. The molecule has 0 radical (unpaired) electrons. The van der Waals surface area contributed by atoms with E-state index >= 15 is 0 Å². The minimum Gasteiger partial charge on any atom is -0.310 e. The van der Waals surface area contributed by atoms with Gasteiger partial charge in [-0.1, -0.05) is 40.2 Å². The Bertz CT molecular complexity index is 369. The third kappa shape index (κ3) is 3.97. The Labute approximate surface area is 112 Å². The molecular formula is C15H20BrN. The topological polar surface area (TPSA) is 12.0 Å². The first-order valence-electron chi connectivity index (χ1n) is 6.39. The Balaban J connectivity index is 1.82. The molecule has 0 bridgehead atoms. The molecule has 1 nitrogen and oxygen atoms in total. The number of benzene rings is 1. The van der Waals surface area contributed by atoms with Crippen molar-refractivity contribution in [2.75, 3.05) is 6.54 Å². The second-order valence-corrected chi connectivity index (χ2v) is 5.75. The summed E-state index contributed by atoms with van der Waals surface area (Å²) in [6.07, 6.45) is 8.43. The van der Waals surface area contributed by atoms with E-state index in [1.54, 1.807) is 0 Å². The molecule has 2 rings (SSSR count). The number of rotatable bonds is 4. The average molecular weight is 294 g/mol. The molecule has 1 aliphatic rings. The third-order valence-electron chi connectivity index (χ3n) is 3.46. The van der Waals surface area contributed by atoms with E-state index in [0.717, 1.165) is 16.9 Å². The lowest BCUT2D eigenvalue weighted by Crippen LogP contribution is -2.26. The summed E-state index contributed by atoms with van der Waals surface area (Å²) in [6.45, 7) is 3.36. The van der Waals surface area contributed by atoms with Crippen LogP contribution in [-0.4, -0.2) is 6.54 Å². The molecular weight excluding hydrogens is 274 g/mol. The maximum Gasteiger partial charge on any atom is 0.0291 e. The first-order chi connectivity index (χ1) is 8.25. The van der Waals surface area contributed by atoms with Crippen LogP contribution in [0.4, 0.5) is 0 Å². The van der Waals surface area contributed by atoms with E-state index in [1.165, 1.54) is 24.8 Å². The molecule has 0 spiro atoms. The molecule has 0 fully saturated rings. The van der Waals surface area contributed by atoms with Crippen LogP contribution in [0.3, 0.4) is 0 Å². The van der Waals surface area contributed by atoms with E-state index in [4.69, 9.17) is 0 Å². The van der Waals surface area contributed by atoms with Crippen molar-refractivity contribution in [2.24, 2.45) is 5.92 Å². The Morgan fingerprint density at radius 1 is 1.29 bits per heavy atom. The van der Waals surface area contributed by atoms with Crippen LogP contribution >= 0.6 is 15.9 Å². The van der Waals surface area contributed by atoms with Gasteiger partial charge in [-0.3, -0.25) is 0 Å². The first kappa shape index (κ1) is 12.8. The molecule has 1 aliphatic carbocycles. The molecule has 2 heteroatoms. The van der Waals surface area contributed by atoms with Crippen LogP contribution in [0, 0.1) is 5.92 Å². The number of nitrogens with one attached hydrogen (secondary N) is 1. The van der Waals surface area contributed by atoms with Crippen LogP contribution in [0.2, 0.25) is 0 Å². The van der Waals surface area contributed by atoms with Crippen molar-refractivity contribution in [3.05, 3.63) is 46.5 Å². The number of halogens is 1. The summed E-state index contributed by atoms with van der Waals surface area (Å²) in [5, 5.41) is 3.64. The summed E-state index contributed by atoms with van der Waals surface area (Å²) in [5.74, 6) is 0.817. The third-order valence-corrected chi connectivity index (χ3v) is 3.99. The Kier molecular flexibility index (Phi) is 4.81. The normalized spacial score (nSPS) is 21.4. The summed E-state index contributed by atoms with van der Waals surface area (Å²) in [4.78, 5) is 0. The Hall–Kier alpha value is -0.600. The maximum atomic E-state index is 3.64. The molecule has 2 atom stereocenters. The van der Waals surface area contributed by atoms with Gasteiger partial charge in [-0.2, -0.15) is 0 Å². The SMILES string of the molecule is C[C@H](NCC1CC=CCC1)c1ccc(Br)cc1. The van der Waals surface area contributed by atoms with Gasteiger partial charge in [-0.05, 0) is 56.3 Å². The number of hydrogen-bond donors (Lipinski definition) is 1. The smallest absolute Gasteiger partial charge is 0.0291 e. The van der Waals surface area contributed by atoms with Gasteiger partial charge in [0.25, 0.3) is 0 Å². The van der Waals surface area contributed by atoms with E-state index in [0.29, 0.717) is 6.04 Å². The van der Waals surface area contributed by atoms with Crippen molar-refractivity contribution >= 4 is 15.9 Å². The summed E-state index contributed by atoms with van der Waals surface area (Å²) in [5.41, 5.74) is 1.36. The molecule has 0 saturated carbocycles. The van der Waals surface area contributed by atoms with Gasteiger partial charge in [0.15, 0.2) is 0 Å². The molecule has 0 saturated heterocycles. The van der Waals surface area contributed by atoms with Crippen molar-refractivity contribution in [2.45, 2.75) is 32.2 Å². The molecule has 0 aliphatic heterocycles. The highest BCUT2D eigenvalue weighted by Crippen LogP contribution is 2.20. The van der Waals surface area contributed by atoms with Crippen molar-refractivity contribution < 1.29 is 0 Å². The van der Waals surface area contributed by atoms with Gasteiger partial charge in [-0.25, -0.2) is 0 Å². The quantitative estimate of drug-likeness (QED) is 0.809. The predicted octanol–water partition coefficient (Wildman–Crippen LogP) is 4.46. The van der Waals surface area contributed by atoms with E-state index < -0.39 is 0 Å². The predicted molar refractivity (Wildman–Crippen MR) is 77.0 cm³/mol. The number of hydrogen-bond acceptors (Lipinski definition) is 1. The molecule has 1 N–H and O–H groups in total. The zero-order chi connectivity index (χ0) is 12.1. The van der Waals surface area contributed by atoms with Crippen LogP contribution in [0.25, 0.3) is 0 Å². The highest BCUT2D eigenvalue weighted by molar-refractivity contribution is 9.10. The van der Waals surface area contributed by atoms with Crippen LogP contribution in [-0.2, 0) is 0 Å². The van der Waals surface area contributed by atoms with E-state index in [9.17, 15) is 0 Å². The molecule has 1 aromatic carbocycles. The van der Waals surface area contributed by atoms with Gasteiger partial charge in [0, 0.05) is 10.5 Å². The fourth-order valence-electron chi connectivity index (χ4n) is 2.25. The molecule has 0 amide bonds. The van der Waals surface area contributed by atoms with Crippen molar-refractivity contribution in [3.63, 3.8) is 0 Å². The van der Waals surface area contributed by atoms with E-state index in [2.05, 4.69) is 64.6 Å². The summed E-state index contributed by atoms with van der Waals surface area (Å²) in [6, 6.07) is 9.02. The standard InChI is InChI=1S/C15H20BrN/c1-12(14-7-9-15(16)10-8-14)17-11-13-5-3-2-4-6-13/h2-3,7-10,12-13,17H,4-6,11H2,1H3/t12-,13?/m0/s1. The van der Waals surface area contributed by atoms with Crippen LogP contribution in [0.5, 0.6) is 0 Å². The lowest BCUT2D eigenvalue weighted by molar-refractivity contribution is 0.415. The van der Waals surface area contributed by atoms with Gasteiger partial charge in [0.1, 0.15) is 0 Å². The van der Waals surface area contributed by atoms with Gasteiger partial charge >= 0.3 is 0 Å². The highest BCUT2D eigenvalue weighted by atomic mass is 79.9. The lowest BCUT2D eigenvalue weighted by atomic mass is 9.94. The fourth-order valence-corrected chi connectivity index (χ4v) is 2.52. The summed E-state index contributed by atoms with van der Waals surface area (Å²) < 4.78 is 1.14. The molecule has 1 unspecified atom stereocenters.